The van der Waals surface area contributed by atoms with E-state index in [0.717, 1.165) is 44.2 Å². The van der Waals surface area contributed by atoms with Gasteiger partial charge in [0.05, 0.1) is 9.40 Å². The van der Waals surface area contributed by atoms with Gasteiger partial charge < -0.3 is 10.2 Å². The molecule has 0 fully saturated rings. The van der Waals surface area contributed by atoms with Crippen LogP contribution in [-0.2, 0) is 21.7 Å². The molecule has 40 heavy (non-hydrogen) atoms. The summed E-state index contributed by atoms with van der Waals surface area (Å²) in [6.45, 7) is 25.2. The van der Waals surface area contributed by atoms with Gasteiger partial charge in [-0.2, -0.15) is 0 Å². The number of aldehydes is 2. The summed E-state index contributed by atoms with van der Waals surface area (Å²) in [5.74, 6) is 0.398. The van der Waals surface area contributed by atoms with Gasteiger partial charge in [-0.15, -0.1) is 22.7 Å². The number of hydrogen-bond donors (Lipinski definition) is 2. The number of aromatic nitrogens is 2. The molecule has 0 saturated heterocycles. The van der Waals surface area contributed by atoms with Gasteiger partial charge in [-0.3, -0.25) is 9.59 Å². The third-order valence-corrected chi connectivity index (χ3v) is 8.77. The van der Waals surface area contributed by atoms with Crippen molar-refractivity contribution in [1.29, 1.82) is 0 Å². The summed E-state index contributed by atoms with van der Waals surface area (Å²) in [5.41, 5.74) is 4.60. The van der Waals surface area contributed by atoms with Crippen LogP contribution >= 0.6 is 22.7 Å². The van der Waals surface area contributed by atoms with Crippen molar-refractivity contribution in [2.24, 2.45) is 0 Å². The summed E-state index contributed by atoms with van der Waals surface area (Å²) in [7, 11) is 0. The molecule has 2 aromatic carbocycles. The molecule has 2 N–H and O–H groups in total. The summed E-state index contributed by atoms with van der Waals surface area (Å²) < 4.78 is 1.82. The lowest BCUT2D eigenvalue weighted by Crippen LogP contribution is -2.16. The fourth-order valence-corrected chi connectivity index (χ4v) is 6.75. The fraction of sp³-hybridized carbons (Fsp3) is 0.500. The third kappa shape index (κ3) is 6.23. The van der Waals surface area contributed by atoms with Gasteiger partial charge in [-0.1, -0.05) is 83.1 Å². The molecular weight excluding hydrogens is 540 g/mol. The number of benzene rings is 2. The quantitative estimate of drug-likeness (QED) is 0.229. The van der Waals surface area contributed by atoms with Gasteiger partial charge in [-0.05, 0) is 44.9 Å². The van der Waals surface area contributed by atoms with Crippen LogP contribution in [0, 0.1) is 0 Å². The topological polar surface area (TPSA) is 100 Å². The first-order valence-corrected chi connectivity index (χ1v) is 15.0. The van der Waals surface area contributed by atoms with E-state index in [9.17, 15) is 19.8 Å². The number of aromatic hydroxyl groups is 2. The van der Waals surface area contributed by atoms with Crippen molar-refractivity contribution in [3.05, 3.63) is 44.4 Å². The van der Waals surface area contributed by atoms with Gasteiger partial charge in [0.25, 0.3) is 0 Å². The number of nitrogens with zero attached hydrogens (tertiary/aromatic N) is 2. The standard InChI is InChI=1S/2C16H21NO2S/c2*1-15(2,3)9-7-10(16(4,5)6)14-12(13(9)19)17-11(8-18)20-14/h2*7-8,19H,1-6H3. The largest absolute Gasteiger partial charge is 0.505 e. The van der Waals surface area contributed by atoms with E-state index in [0.29, 0.717) is 21.0 Å². The number of phenolic OH excluding ortho intramolecular Hbond substituents is 2. The molecule has 0 bridgehead atoms. The Labute approximate surface area is 245 Å². The minimum Gasteiger partial charge on any atom is -0.505 e. The van der Waals surface area contributed by atoms with E-state index in [2.05, 4.69) is 105 Å². The molecule has 0 amide bonds. The van der Waals surface area contributed by atoms with E-state index >= 15 is 0 Å². The Morgan fingerprint density at radius 2 is 0.825 bits per heavy atom. The van der Waals surface area contributed by atoms with Crippen LogP contribution in [-0.4, -0.2) is 32.8 Å². The first-order valence-electron chi connectivity index (χ1n) is 13.4. The Bertz CT molecular complexity index is 1460. The highest BCUT2D eigenvalue weighted by Crippen LogP contribution is 2.45. The van der Waals surface area contributed by atoms with Gasteiger partial charge in [0, 0.05) is 11.1 Å². The lowest BCUT2D eigenvalue weighted by molar-refractivity contribution is 0.111. The van der Waals surface area contributed by atoms with Gasteiger partial charge in [0.2, 0.25) is 0 Å². The van der Waals surface area contributed by atoms with E-state index in [1.54, 1.807) is 0 Å². The van der Waals surface area contributed by atoms with E-state index in [-0.39, 0.29) is 33.2 Å². The zero-order valence-electron chi connectivity index (χ0n) is 25.7. The number of carbonyl (C=O) groups excluding carboxylic acids is 2. The summed E-state index contributed by atoms with van der Waals surface area (Å²) >= 11 is 2.69. The second-order valence-electron chi connectivity index (χ2n) is 14.3. The molecule has 6 nitrogen and oxygen atoms in total. The van der Waals surface area contributed by atoms with Crippen molar-refractivity contribution in [3.8, 4) is 11.5 Å². The molecule has 4 aromatic rings. The Balaban J connectivity index is 0.000000220. The van der Waals surface area contributed by atoms with E-state index in [1.165, 1.54) is 22.7 Å². The number of rotatable bonds is 2. The van der Waals surface area contributed by atoms with Crippen LogP contribution in [0.25, 0.3) is 20.4 Å². The zero-order valence-corrected chi connectivity index (χ0v) is 27.4. The van der Waals surface area contributed by atoms with Crippen LogP contribution in [0.5, 0.6) is 11.5 Å². The molecule has 8 heteroatoms. The Morgan fingerprint density at radius 3 is 1.05 bits per heavy atom. The first-order chi connectivity index (χ1) is 18.1. The average Bonchev–Trinajstić information content (AvgIpc) is 3.41. The van der Waals surface area contributed by atoms with E-state index in [4.69, 9.17) is 0 Å². The number of thiazole rings is 2. The molecule has 0 aliphatic carbocycles. The monoisotopic (exact) mass is 582 g/mol. The van der Waals surface area contributed by atoms with Crippen LogP contribution in [0.1, 0.15) is 125 Å². The molecule has 0 saturated carbocycles. The molecule has 2 aromatic heterocycles. The van der Waals surface area contributed by atoms with Crippen LogP contribution < -0.4 is 0 Å². The highest BCUT2D eigenvalue weighted by molar-refractivity contribution is 7.20. The maximum atomic E-state index is 11.0. The average molecular weight is 583 g/mol. The van der Waals surface area contributed by atoms with E-state index in [1.807, 2.05) is 0 Å². The molecule has 216 valence electrons. The van der Waals surface area contributed by atoms with Crippen molar-refractivity contribution in [1.82, 2.24) is 9.97 Å². The predicted molar refractivity (Wildman–Crippen MR) is 168 cm³/mol. The lowest BCUT2D eigenvalue weighted by atomic mass is 9.80. The van der Waals surface area contributed by atoms with Crippen molar-refractivity contribution < 1.29 is 19.8 Å². The Morgan fingerprint density at radius 1 is 0.550 bits per heavy atom. The van der Waals surface area contributed by atoms with Gasteiger partial charge in [0.1, 0.15) is 22.5 Å². The smallest absolute Gasteiger partial charge is 0.178 e. The fourth-order valence-electron chi connectivity index (χ4n) is 4.53. The zero-order chi connectivity index (χ0) is 30.6. The van der Waals surface area contributed by atoms with Gasteiger partial charge in [-0.25, -0.2) is 9.97 Å². The summed E-state index contributed by atoms with van der Waals surface area (Å²) in [6.07, 6.45) is 1.49. The number of fused-ring (bicyclic) bond motifs is 2. The van der Waals surface area contributed by atoms with E-state index < -0.39 is 0 Å². The molecular formula is C32H42N2O4S2. The van der Waals surface area contributed by atoms with Crippen LogP contribution in [0.2, 0.25) is 0 Å². The van der Waals surface area contributed by atoms with Crippen LogP contribution in [0.15, 0.2) is 12.1 Å². The third-order valence-electron chi connectivity index (χ3n) is 6.75. The van der Waals surface area contributed by atoms with Gasteiger partial charge >= 0.3 is 0 Å². The van der Waals surface area contributed by atoms with Gasteiger partial charge in [0.15, 0.2) is 22.6 Å². The number of hydrogen-bond acceptors (Lipinski definition) is 8. The van der Waals surface area contributed by atoms with Crippen LogP contribution in [0.3, 0.4) is 0 Å². The maximum Gasteiger partial charge on any atom is 0.178 e. The summed E-state index contributed by atoms with van der Waals surface area (Å²) in [4.78, 5) is 30.6. The normalized spacial score (nSPS) is 12.9. The molecule has 0 spiro atoms. The molecule has 0 aliphatic heterocycles. The number of phenols is 2. The second kappa shape index (κ2) is 10.5. The predicted octanol–water partition coefficient (Wildman–Crippen LogP) is 8.82. The molecule has 4 rings (SSSR count). The Kier molecular flexibility index (Phi) is 8.34. The minimum atomic E-state index is -0.177. The van der Waals surface area contributed by atoms with Crippen molar-refractivity contribution in [2.75, 3.05) is 0 Å². The van der Waals surface area contributed by atoms with Crippen molar-refractivity contribution in [3.63, 3.8) is 0 Å². The summed E-state index contributed by atoms with van der Waals surface area (Å²) in [5, 5.41) is 21.8. The molecule has 0 atom stereocenters. The lowest BCUT2D eigenvalue weighted by Gasteiger charge is -2.26. The summed E-state index contributed by atoms with van der Waals surface area (Å²) in [6, 6.07) is 4.12. The molecule has 0 aliphatic rings. The highest BCUT2D eigenvalue weighted by atomic mass is 32.1. The molecule has 0 unspecified atom stereocenters. The molecule has 0 radical (unpaired) electrons. The maximum absolute atomic E-state index is 11.0. The second-order valence-corrected chi connectivity index (χ2v) is 16.4. The number of carbonyl (C=O) groups is 2. The van der Waals surface area contributed by atoms with Crippen LogP contribution in [0.4, 0.5) is 0 Å². The van der Waals surface area contributed by atoms with Crippen molar-refractivity contribution >= 4 is 55.7 Å². The SMILES string of the molecule is CC(C)(C)c1cc(C(C)(C)C)c2sc(C=O)nc2c1O.CC(C)(C)c1cc(C(C)(C)C)c2sc(C=O)nc2c1O. The molecule has 2 heterocycles. The van der Waals surface area contributed by atoms with Crippen molar-refractivity contribution in [2.45, 2.75) is 105 Å². The minimum absolute atomic E-state index is 0.0708. The highest BCUT2D eigenvalue weighted by Gasteiger charge is 2.29. The Hall–Kier alpha value is -2.84. The first kappa shape index (κ1) is 31.7.